The molecule has 0 bridgehead atoms. The Labute approximate surface area is 213 Å². The highest BCUT2D eigenvalue weighted by atomic mass is 32.2. The van der Waals surface area contributed by atoms with Gasteiger partial charge in [-0.15, -0.1) is 0 Å². The van der Waals surface area contributed by atoms with E-state index in [1.807, 2.05) is 20.1 Å². The molecule has 0 aliphatic rings. The van der Waals surface area contributed by atoms with Crippen molar-refractivity contribution in [3.63, 3.8) is 0 Å². The second kappa shape index (κ2) is 13.9. The number of nitrogens with one attached hydrogen (secondary N) is 2. The third-order valence-corrected chi connectivity index (χ3v) is 5.77. The molecule has 3 N–H and O–H groups in total. The zero-order chi connectivity index (χ0) is 26.8. The zero-order valence-electron chi connectivity index (χ0n) is 21.8. The number of carbonyl (C=O) groups is 3. The molecule has 3 amide bonds. The molecule has 1 rings (SSSR count). The van der Waals surface area contributed by atoms with Crippen molar-refractivity contribution in [1.29, 1.82) is 0 Å². The van der Waals surface area contributed by atoms with Crippen LogP contribution in [0.2, 0.25) is 0 Å². The lowest BCUT2D eigenvalue weighted by molar-refractivity contribution is -0.138. The summed E-state index contributed by atoms with van der Waals surface area (Å²) in [5, 5.41) is 15.5. The summed E-state index contributed by atoms with van der Waals surface area (Å²) in [7, 11) is 0. The van der Waals surface area contributed by atoms with E-state index in [0.29, 0.717) is 23.3 Å². The van der Waals surface area contributed by atoms with Crippen molar-refractivity contribution in [3.8, 4) is 18.2 Å². The molecule has 0 radical (unpaired) electrons. The molecule has 0 saturated carbocycles. The first kappa shape index (κ1) is 30.2. The SMILES string of the molecule is C#CN(C(=O)C(CCSC)NC(=O)OC(C)(C)C)C(C(=O)NC(C)CCC)c1ccc(O)c(C)c1. The molecule has 1 aromatic carbocycles. The minimum Gasteiger partial charge on any atom is -0.508 e. The Kier molecular flexibility index (Phi) is 12.0. The van der Waals surface area contributed by atoms with Crippen molar-refractivity contribution >= 4 is 29.7 Å². The highest BCUT2D eigenvalue weighted by Crippen LogP contribution is 2.27. The fourth-order valence-electron chi connectivity index (χ4n) is 3.47. The Morgan fingerprint density at radius 3 is 2.40 bits per heavy atom. The lowest BCUT2D eigenvalue weighted by Gasteiger charge is -2.31. The van der Waals surface area contributed by atoms with Crippen molar-refractivity contribution in [2.45, 2.75) is 84.5 Å². The number of alkyl carbamates (subject to hydrolysis) is 1. The average Bonchev–Trinajstić information content (AvgIpc) is 2.75. The van der Waals surface area contributed by atoms with Gasteiger partial charge in [0, 0.05) is 12.1 Å². The lowest BCUT2D eigenvalue weighted by atomic mass is 10.00. The molecule has 194 valence electrons. The third-order valence-electron chi connectivity index (χ3n) is 5.13. The number of ether oxygens (including phenoxy) is 1. The molecule has 0 spiro atoms. The number of nitrogens with zero attached hydrogens (tertiary/aromatic N) is 1. The van der Waals surface area contributed by atoms with Gasteiger partial charge in [0.15, 0.2) is 0 Å². The predicted molar refractivity (Wildman–Crippen MR) is 140 cm³/mol. The standard InChI is InChI=1S/C26H39N3O5S/c1-9-11-18(4)27-23(31)22(19-12-13-21(30)17(3)16-19)29(10-2)24(32)20(14-15-35-8)28-25(33)34-26(5,6)7/h2,12-13,16,18,20,22,30H,9,11,14-15H2,1,3-8H3,(H,27,31)(H,28,33). The summed E-state index contributed by atoms with van der Waals surface area (Å²) in [4.78, 5) is 40.5. The van der Waals surface area contributed by atoms with Gasteiger partial charge in [-0.2, -0.15) is 11.8 Å². The van der Waals surface area contributed by atoms with E-state index in [4.69, 9.17) is 11.2 Å². The molecule has 1 aromatic rings. The maximum atomic E-state index is 13.6. The Morgan fingerprint density at radius 1 is 1.23 bits per heavy atom. The van der Waals surface area contributed by atoms with Crippen molar-refractivity contribution in [3.05, 3.63) is 29.3 Å². The van der Waals surface area contributed by atoms with Gasteiger partial charge in [-0.1, -0.05) is 25.8 Å². The van der Waals surface area contributed by atoms with Crippen LogP contribution in [0, 0.1) is 19.4 Å². The molecular weight excluding hydrogens is 466 g/mol. The van der Waals surface area contributed by atoms with Crippen LogP contribution in [0.4, 0.5) is 4.79 Å². The summed E-state index contributed by atoms with van der Waals surface area (Å²) in [6, 6.07) is 4.74. The van der Waals surface area contributed by atoms with Gasteiger partial charge in [0.25, 0.3) is 5.91 Å². The monoisotopic (exact) mass is 505 g/mol. The van der Waals surface area contributed by atoms with E-state index in [1.165, 1.54) is 17.8 Å². The van der Waals surface area contributed by atoms with E-state index in [1.54, 1.807) is 39.8 Å². The van der Waals surface area contributed by atoms with Crippen LogP contribution < -0.4 is 10.6 Å². The zero-order valence-corrected chi connectivity index (χ0v) is 22.6. The number of phenolic OH excluding ortho intramolecular Hbond substituents is 1. The van der Waals surface area contributed by atoms with Gasteiger partial charge < -0.3 is 20.5 Å². The van der Waals surface area contributed by atoms with Crippen molar-refractivity contribution in [1.82, 2.24) is 15.5 Å². The number of aryl methyl sites for hydroxylation is 1. The van der Waals surface area contributed by atoms with E-state index in [0.717, 1.165) is 17.7 Å². The second-order valence-electron chi connectivity index (χ2n) is 9.46. The number of hydrogen-bond acceptors (Lipinski definition) is 6. The minimum atomic E-state index is -1.15. The molecule has 0 fully saturated rings. The predicted octanol–water partition coefficient (Wildman–Crippen LogP) is 4.11. The Bertz CT molecular complexity index is 923. The fraction of sp³-hybridized carbons (Fsp3) is 0.577. The fourth-order valence-corrected chi connectivity index (χ4v) is 3.94. The maximum Gasteiger partial charge on any atom is 0.408 e. The molecule has 9 heteroatoms. The van der Waals surface area contributed by atoms with E-state index in [9.17, 15) is 19.5 Å². The van der Waals surface area contributed by atoms with Gasteiger partial charge in [0.05, 0.1) is 0 Å². The number of hydrogen-bond donors (Lipinski definition) is 3. The van der Waals surface area contributed by atoms with Gasteiger partial charge in [-0.05, 0) is 82.7 Å². The topological polar surface area (TPSA) is 108 Å². The molecule has 3 unspecified atom stereocenters. The van der Waals surface area contributed by atoms with E-state index in [-0.39, 0.29) is 11.8 Å². The highest BCUT2D eigenvalue weighted by molar-refractivity contribution is 7.98. The van der Waals surface area contributed by atoms with Crippen molar-refractivity contribution in [2.24, 2.45) is 0 Å². The molecule has 35 heavy (non-hydrogen) atoms. The van der Waals surface area contributed by atoms with Crippen LogP contribution in [0.5, 0.6) is 5.75 Å². The van der Waals surface area contributed by atoms with Crippen LogP contribution in [0.1, 0.15) is 71.0 Å². The van der Waals surface area contributed by atoms with Crippen LogP contribution in [0.3, 0.4) is 0 Å². The smallest absolute Gasteiger partial charge is 0.408 e. The van der Waals surface area contributed by atoms with Crippen molar-refractivity contribution < 1.29 is 24.2 Å². The quantitative estimate of drug-likeness (QED) is 0.309. The molecule has 0 aliphatic carbocycles. The van der Waals surface area contributed by atoms with Gasteiger partial charge in [-0.3, -0.25) is 14.5 Å². The summed E-state index contributed by atoms with van der Waals surface area (Å²) in [5.41, 5.74) is 0.246. The van der Waals surface area contributed by atoms with E-state index >= 15 is 0 Å². The van der Waals surface area contributed by atoms with Gasteiger partial charge in [-0.25, -0.2) is 4.79 Å². The number of carbonyl (C=O) groups excluding carboxylic acids is 3. The maximum absolute atomic E-state index is 13.6. The van der Waals surface area contributed by atoms with Gasteiger partial charge in [0.1, 0.15) is 23.4 Å². The van der Waals surface area contributed by atoms with E-state index < -0.39 is 35.6 Å². The molecule has 0 aliphatic heterocycles. The van der Waals surface area contributed by atoms with Gasteiger partial charge in [0.2, 0.25) is 5.91 Å². The number of terminal acetylenes is 1. The second-order valence-corrected chi connectivity index (χ2v) is 10.4. The van der Waals surface area contributed by atoms with Gasteiger partial charge >= 0.3 is 6.09 Å². The Hall–Kier alpha value is -2.86. The molecule has 8 nitrogen and oxygen atoms in total. The number of thioether (sulfide) groups is 1. The number of phenols is 1. The summed E-state index contributed by atoms with van der Waals surface area (Å²) in [6.07, 6.45) is 8.86. The average molecular weight is 506 g/mol. The minimum absolute atomic E-state index is 0.0651. The van der Waals surface area contributed by atoms with E-state index in [2.05, 4.69) is 16.7 Å². The Morgan fingerprint density at radius 2 is 1.89 bits per heavy atom. The summed E-state index contributed by atoms with van der Waals surface area (Å²) < 4.78 is 5.33. The molecule has 3 atom stereocenters. The number of aromatic hydroxyl groups is 1. The molecular formula is C26H39N3O5S. The third kappa shape index (κ3) is 9.73. The summed E-state index contributed by atoms with van der Waals surface area (Å²) in [6.45, 7) is 10.8. The number of benzene rings is 1. The summed E-state index contributed by atoms with van der Waals surface area (Å²) >= 11 is 1.51. The van der Waals surface area contributed by atoms with Crippen LogP contribution in [0.25, 0.3) is 0 Å². The normalized spacial score (nSPS) is 13.7. The highest BCUT2D eigenvalue weighted by Gasteiger charge is 2.36. The van der Waals surface area contributed by atoms with Crippen molar-refractivity contribution in [2.75, 3.05) is 12.0 Å². The summed E-state index contributed by atoms with van der Waals surface area (Å²) in [5.74, 6) is -0.396. The Balaban J connectivity index is 3.39. The lowest BCUT2D eigenvalue weighted by Crippen LogP contribution is -2.52. The van der Waals surface area contributed by atoms with Crippen LogP contribution >= 0.6 is 11.8 Å². The first-order chi connectivity index (χ1) is 16.3. The number of rotatable bonds is 11. The first-order valence-electron chi connectivity index (χ1n) is 11.7. The van der Waals surface area contributed by atoms with Crippen LogP contribution in [-0.2, 0) is 14.3 Å². The molecule has 0 saturated heterocycles. The van der Waals surface area contributed by atoms with Crippen LogP contribution in [-0.4, -0.2) is 57.6 Å². The first-order valence-corrected chi connectivity index (χ1v) is 13.1. The van der Waals surface area contributed by atoms with Crippen LogP contribution in [0.15, 0.2) is 18.2 Å². The number of amides is 3. The molecule has 0 heterocycles. The molecule has 0 aromatic heterocycles. The largest absolute Gasteiger partial charge is 0.508 e.